The number of nitrogens with one attached hydrogen (secondary N) is 1. The molecule has 3 rings (SSSR count). The summed E-state index contributed by atoms with van der Waals surface area (Å²) in [6.07, 6.45) is 0.0461. The monoisotopic (exact) mass is 539 g/mol. The third-order valence-electron chi connectivity index (χ3n) is 5.60. The molecule has 188 valence electrons. The minimum Gasteiger partial charge on any atom is -0.352 e. The molecule has 0 aliphatic carbocycles. The smallest absolute Gasteiger partial charge is 0.269 e. The van der Waals surface area contributed by atoms with Crippen LogP contribution in [-0.2, 0) is 26.2 Å². The van der Waals surface area contributed by atoms with E-state index in [4.69, 9.17) is 23.2 Å². The molecule has 1 aliphatic rings. The van der Waals surface area contributed by atoms with Crippen LogP contribution < -0.4 is 5.32 Å². The molecule has 3 amide bonds. The van der Waals surface area contributed by atoms with Crippen LogP contribution in [0.1, 0.15) is 49.5 Å². The van der Waals surface area contributed by atoms with Crippen LogP contribution in [0.3, 0.4) is 0 Å². The zero-order valence-corrected chi connectivity index (χ0v) is 22.0. The van der Waals surface area contributed by atoms with Crippen molar-refractivity contribution in [1.29, 1.82) is 0 Å². The predicted molar refractivity (Wildman–Crippen MR) is 134 cm³/mol. The molecule has 1 unspecified atom stereocenters. The van der Waals surface area contributed by atoms with Crippen molar-refractivity contribution in [3.63, 3.8) is 0 Å². The van der Waals surface area contributed by atoms with E-state index in [0.29, 0.717) is 15.6 Å². The Morgan fingerprint density at radius 1 is 1.06 bits per heavy atom. The Morgan fingerprint density at radius 2 is 1.74 bits per heavy atom. The van der Waals surface area contributed by atoms with Gasteiger partial charge in [-0.1, -0.05) is 41.4 Å². The molecule has 1 N–H and O–H groups in total. The van der Waals surface area contributed by atoms with Gasteiger partial charge in [-0.05, 0) is 57.0 Å². The fourth-order valence-corrected chi connectivity index (χ4v) is 5.72. The van der Waals surface area contributed by atoms with E-state index in [1.54, 1.807) is 37.3 Å². The van der Waals surface area contributed by atoms with Crippen LogP contribution in [0.5, 0.6) is 0 Å². The number of carbonyl (C=O) groups is 3. The summed E-state index contributed by atoms with van der Waals surface area (Å²) in [6, 6.07) is 10.1. The topological polar surface area (TPSA) is 104 Å². The number of amides is 3. The standard InChI is InChI=1S/C24H27Cl2N3O5S/c1-15(2)27-23(31)16(3)28(14-17-10-11-19(25)20(26)13-17)22(30)9-6-12-29-24(32)18-7-4-5-8-21(18)35(29,33)34/h4-5,7-8,10-11,13,15-16H,6,9,12,14H2,1-3H3,(H,27,31). The number of halogens is 2. The third-order valence-corrected chi connectivity index (χ3v) is 8.18. The minimum atomic E-state index is -3.95. The van der Waals surface area contributed by atoms with Crippen LogP contribution in [0, 0.1) is 0 Å². The number of nitrogens with zero attached hydrogens (tertiary/aromatic N) is 2. The van der Waals surface area contributed by atoms with Gasteiger partial charge in [0, 0.05) is 25.6 Å². The van der Waals surface area contributed by atoms with E-state index in [0.717, 1.165) is 4.31 Å². The van der Waals surface area contributed by atoms with Crippen molar-refractivity contribution in [1.82, 2.24) is 14.5 Å². The minimum absolute atomic E-state index is 0.0310. The lowest BCUT2D eigenvalue weighted by molar-refractivity contribution is -0.140. The van der Waals surface area contributed by atoms with Gasteiger partial charge < -0.3 is 10.2 Å². The summed E-state index contributed by atoms with van der Waals surface area (Å²) in [5.74, 6) is -1.28. The van der Waals surface area contributed by atoms with Crippen molar-refractivity contribution >= 4 is 50.9 Å². The van der Waals surface area contributed by atoms with Crippen LogP contribution >= 0.6 is 23.2 Å². The molecule has 0 fully saturated rings. The van der Waals surface area contributed by atoms with Crippen molar-refractivity contribution in [3.05, 3.63) is 63.6 Å². The predicted octanol–water partition coefficient (Wildman–Crippen LogP) is 3.86. The first-order chi connectivity index (χ1) is 16.4. The second kappa shape index (κ2) is 11.0. The molecule has 0 radical (unpaired) electrons. The SMILES string of the molecule is CC(C)NC(=O)C(C)N(Cc1ccc(Cl)c(Cl)c1)C(=O)CCCN1C(=O)c2ccccc2S1(=O)=O. The summed E-state index contributed by atoms with van der Waals surface area (Å²) in [5, 5.41) is 3.50. The lowest BCUT2D eigenvalue weighted by Crippen LogP contribution is -2.49. The second-order valence-electron chi connectivity index (χ2n) is 8.59. The molecule has 2 aromatic carbocycles. The average Bonchev–Trinajstić information content (AvgIpc) is 2.99. The number of benzene rings is 2. The summed E-state index contributed by atoms with van der Waals surface area (Å²) in [6.45, 7) is 5.23. The highest BCUT2D eigenvalue weighted by molar-refractivity contribution is 7.90. The summed E-state index contributed by atoms with van der Waals surface area (Å²) in [7, 11) is -3.95. The molecular formula is C24H27Cl2N3O5S. The molecular weight excluding hydrogens is 513 g/mol. The molecule has 8 nitrogen and oxygen atoms in total. The maximum absolute atomic E-state index is 13.2. The maximum Gasteiger partial charge on any atom is 0.269 e. The first-order valence-electron chi connectivity index (χ1n) is 11.1. The summed E-state index contributed by atoms with van der Waals surface area (Å²) in [5.41, 5.74) is 0.809. The van der Waals surface area contributed by atoms with E-state index in [-0.39, 0.29) is 54.2 Å². The van der Waals surface area contributed by atoms with Crippen LogP contribution in [0.4, 0.5) is 0 Å². The first kappa shape index (κ1) is 27.0. The molecule has 0 saturated carbocycles. The normalized spacial score (nSPS) is 15.1. The van der Waals surface area contributed by atoms with Gasteiger partial charge in [0.25, 0.3) is 15.9 Å². The Kier molecular flexibility index (Phi) is 8.46. The quantitative estimate of drug-likeness (QED) is 0.520. The number of rotatable bonds is 9. The molecule has 35 heavy (non-hydrogen) atoms. The third kappa shape index (κ3) is 5.97. The van der Waals surface area contributed by atoms with Crippen molar-refractivity contribution in [2.45, 2.75) is 57.1 Å². The Hall–Kier alpha value is -2.62. The van der Waals surface area contributed by atoms with Crippen LogP contribution in [0.2, 0.25) is 10.0 Å². The molecule has 1 aliphatic heterocycles. The highest BCUT2D eigenvalue weighted by Gasteiger charge is 2.40. The van der Waals surface area contributed by atoms with Gasteiger partial charge in [0.2, 0.25) is 11.8 Å². The van der Waals surface area contributed by atoms with Crippen LogP contribution in [0.25, 0.3) is 0 Å². The Morgan fingerprint density at radius 3 is 2.37 bits per heavy atom. The van der Waals surface area contributed by atoms with Gasteiger partial charge in [0.15, 0.2) is 0 Å². The molecule has 0 aromatic heterocycles. The van der Waals surface area contributed by atoms with E-state index in [1.807, 2.05) is 13.8 Å². The summed E-state index contributed by atoms with van der Waals surface area (Å²) < 4.78 is 26.3. The van der Waals surface area contributed by atoms with E-state index < -0.39 is 22.0 Å². The summed E-state index contributed by atoms with van der Waals surface area (Å²) in [4.78, 5) is 39.8. The van der Waals surface area contributed by atoms with Gasteiger partial charge in [0.05, 0.1) is 15.6 Å². The zero-order valence-electron chi connectivity index (χ0n) is 19.6. The molecule has 2 aromatic rings. The largest absolute Gasteiger partial charge is 0.352 e. The number of hydrogen-bond acceptors (Lipinski definition) is 5. The van der Waals surface area contributed by atoms with Gasteiger partial charge in [-0.15, -0.1) is 0 Å². The average molecular weight is 540 g/mol. The highest BCUT2D eigenvalue weighted by Crippen LogP contribution is 2.30. The molecule has 1 atom stereocenters. The number of sulfonamides is 1. The van der Waals surface area contributed by atoms with E-state index >= 15 is 0 Å². The van der Waals surface area contributed by atoms with Crippen molar-refractivity contribution in [2.24, 2.45) is 0 Å². The lowest BCUT2D eigenvalue weighted by atomic mass is 10.1. The fraction of sp³-hybridized carbons (Fsp3) is 0.375. The van der Waals surface area contributed by atoms with Gasteiger partial charge in [-0.25, -0.2) is 12.7 Å². The van der Waals surface area contributed by atoms with Gasteiger partial charge in [-0.3, -0.25) is 14.4 Å². The maximum atomic E-state index is 13.2. The fourth-order valence-electron chi connectivity index (χ4n) is 3.79. The van der Waals surface area contributed by atoms with Crippen molar-refractivity contribution in [2.75, 3.05) is 6.54 Å². The molecule has 0 bridgehead atoms. The van der Waals surface area contributed by atoms with Gasteiger partial charge in [0.1, 0.15) is 10.9 Å². The van der Waals surface area contributed by atoms with Crippen molar-refractivity contribution in [3.8, 4) is 0 Å². The number of carbonyl (C=O) groups excluding carboxylic acids is 3. The lowest BCUT2D eigenvalue weighted by Gasteiger charge is -2.29. The zero-order chi connectivity index (χ0) is 25.9. The molecule has 11 heteroatoms. The van der Waals surface area contributed by atoms with Crippen LogP contribution in [0.15, 0.2) is 47.4 Å². The number of fused-ring (bicyclic) bond motifs is 1. The van der Waals surface area contributed by atoms with Crippen LogP contribution in [-0.4, -0.2) is 54.0 Å². The second-order valence-corrected chi connectivity index (χ2v) is 11.2. The summed E-state index contributed by atoms with van der Waals surface area (Å²) >= 11 is 12.1. The van der Waals surface area contributed by atoms with Crippen molar-refractivity contribution < 1.29 is 22.8 Å². The Labute approximate surface area is 215 Å². The molecule has 0 spiro atoms. The molecule has 1 heterocycles. The first-order valence-corrected chi connectivity index (χ1v) is 13.3. The Balaban J connectivity index is 1.73. The molecule has 0 saturated heterocycles. The van der Waals surface area contributed by atoms with Gasteiger partial charge >= 0.3 is 0 Å². The van der Waals surface area contributed by atoms with Gasteiger partial charge in [-0.2, -0.15) is 0 Å². The highest BCUT2D eigenvalue weighted by atomic mass is 35.5. The number of hydrogen-bond donors (Lipinski definition) is 1. The van der Waals surface area contributed by atoms with E-state index in [1.165, 1.54) is 17.0 Å². The Bertz CT molecular complexity index is 1250. The van der Waals surface area contributed by atoms with E-state index in [9.17, 15) is 22.8 Å². The van der Waals surface area contributed by atoms with E-state index in [2.05, 4.69) is 5.32 Å².